The lowest BCUT2D eigenvalue weighted by molar-refractivity contribution is 0.0512. The van der Waals surface area contributed by atoms with Crippen LogP contribution in [0.4, 0.5) is 0 Å². The number of ether oxygens (including phenoxy) is 2. The Balaban J connectivity index is 1.65. The first-order chi connectivity index (χ1) is 12.2. The van der Waals surface area contributed by atoms with Gasteiger partial charge >= 0.3 is 0 Å². The maximum atomic E-state index is 5.63. The van der Waals surface area contributed by atoms with E-state index in [1.54, 1.807) is 0 Å². The monoisotopic (exact) mass is 345 g/mol. The van der Waals surface area contributed by atoms with E-state index in [1.165, 1.54) is 5.56 Å². The summed E-state index contributed by atoms with van der Waals surface area (Å²) in [6.07, 6.45) is 3.23. The smallest absolute Gasteiger partial charge is 0.193 e. The molecule has 5 heteroatoms. The van der Waals surface area contributed by atoms with Crippen molar-refractivity contribution in [2.45, 2.75) is 24.7 Å². The predicted molar refractivity (Wildman–Crippen MR) is 101 cm³/mol. The summed E-state index contributed by atoms with van der Waals surface area (Å²) >= 11 is 0. The molecule has 3 rings (SSSR count). The van der Waals surface area contributed by atoms with Gasteiger partial charge in [-0.1, -0.05) is 30.3 Å². The van der Waals surface area contributed by atoms with E-state index in [4.69, 9.17) is 9.47 Å². The van der Waals surface area contributed by atoms with Crippen molar-refractivity contribution in [3.63, 3.8) is 0 Å². The average molecular weight is 345 g/mol. The van der Waals surface area contributed by atoms with Crippen LogP contribution in [0, 0.1) is 5.92 Å². The van der Waals surface area contributed by atoms with Gasteiger partial charge in [0.05, 0.1) is 6.61 Å². The number of aliphatic imine (C=N–C) groups is 1. The van der Waals surface area contributed by atoms with Crippen LogP contribution in [0.3, 0.4) is 0 Å². The van der Waals surface area contributed by atoms with Crippen LogP contribution in [0.15, 0.2) is 35.3 Å². The van der Waals surface area contributed by atoms with E-state index in [-0.39, 0.29) is 5.41 Å². The second-order valence-corrected chi connectivity index (χ2v) is 7.27. The summed E-state index contributed by atoms with van der Waals surface area (Å²) in [4.78, 5) is 6.73. The van der Waals surface area contributed by atoms with Gasteiger partial charge in [0.25, 0.3) is 0 Å². The zero-order chi connectivity index (χ0) is 17.5. The first kappa shape index (κ1) is 18.2. The number of nitrogens with one attached hydrogen (secondary N) is 1. The quantitative estimate of drug-likeness (QED) is 0.657. The van der Waals surface area contributed by atoms with Gasteiger partial charge in [-0.05, 0) is 24.8 Å². The van der Waals surface area contributed by atoms with E-state index >= 15 is 0 Å². The van der Waals surface area contributed by atoms with Crippen LogP contribution in [-0.2, 0) is 14.9 Å². The largest absolute Gasteiger partial charge is 0.381 e. The van der Waals surface area contributed by atoms with Crippen molar-refractivity contribution in [2.24, 2.45) is 10.9 Å². The topological polar surface area (TPSA) is 46.1 Å². The van der Waals surface area contributed by atoms with Gasteiger partial charge in [0.2, 0.25) is 0 Å². The fourth-order valence-corrected chi connectivity index (χ4v) is 3.96. The minimum atomic E-state index is 0.118. The fourth-order valence-electron chi connectivity index (χ4n) is 3.96. The highest BCUT2D eigenvalue weighted by atomic mass is 16.5. The Morgan fingerprint density at radius 1 is 1.20 bits per heavy atom. The summed E-state index contributed by atoms with van der Waals surface area (Å²) in [7, 11) is 3.98. The van der Waals surface area contributed by atoms with E-state index in [1.807, 2.05) is 7.05 Å². The molecule has 1 N–H and O–H groups in total. The summed E-state index contributed by atoms with van der Waals surface area (Å²) in [6, 6.07) is 10.8. The lowest BCUT2D eigenvalue weighted by Crippen LogP contribution is -2.49. The lowest BCUT2D eigenvalue weighted by atomic mass is 9.74. The van der Waals surface area contributed by atoms with Crippen molar-refractivity contribution in [1.29, 1.82) is 0 Å². The first-order valence-electron chi connectivity index (χ1n) is 9.36. The molecule has 0 saturated carbocycles. The molecule has 0 aromatic heterocycles. The van der Waals surface area contributed by atoms with Crippen molar-refractivity contribution < 1.29 is 9.47 Å². The number of nitrogens with zero attached hydrogens (tertiary/aromatic N) is 2. The summed E-state index contributed by atoms with van der Waals surface area (Å²) in [5.41, 5.74) is 1.51. The van der Waals surface area contributed by atoms with Gasteiger partial charge < -0.3 is 19.7 Å². The molecule has 1 atom stereocenters. The van der Waals surface area contributed by atoms with E-state index in [0.717, 1.165) is 64.7 Å². The highest BCUT2D eigenvalue weighted by Crippen LogP contribution is 2.34. The van der Waals surface area contributed by atoms with Gasteiger partial charge in [0, 0.05) is 58.3 Å². The molecular formula is C20H31N3O2. The normalized spacial score (nSPS) is 23.4. The average Bonchev–Trinajstić information content (AvgIpc) is 3.17. The van der Waals surface area contributed by atoms with Gasteiger partial charge in [-0.2, -0.15) is 0 Å². The molecule has 0 amide bonds. The molecule has 138 valence electrons. The molecule has 0 radical (unpaired) electrons. The third-order valence-electron chi connectivity index (χ3n) is 5.55. The van der Waals surface area contributed by atoms with Crippen molar-refractivity contribution >= 4 is 5.96 Å². The van der Waals surface area contributed by atoms with Crippen LogP contribution in [-0.4, -0.2) is 64.5 Å². The number of benzene rings is 1. The van der Waals surface area contributed by atoms with Crippen molar-refractivity contribution in [3.05, 3.63) is 35.9 Å². The molecule has 1 aromatic carbocycles. The summed E-state index contributed by atoms with van der Waals surface area (Å²) < 4.78 is 11.1. The summed E-state index contributed by atoms with van der Waals surface area (Å²) in [5, 5.41) is 3.63. The molecule has 2 fully saturated rings. The van der Waals surface area contributed by atoms with Crippen molar-refractivity contribution in [3.8, 4) is 0 Å². The second-order valence-electron chi connectivity index (χ2n) is 7.27. The van der Waals surface area contributed by atoms with Gasteiger partial charge in [0.1, 0.15) is 0 Å². The third-order valence-corrected chi connectivity index (χ3v) is 5.55. The van der Waals surface area contributed by atoms with E-state index in [9.17, 15) is 0 Å². The second kappa shape index (κ2) is 8.68. The Labute approximate surface area is 151 Å². The lowest BCUT2D eigenvalue weighted by Gasteiger charge is -2.39. The molecule has 0 aliphatic carbocycles. The zero-order valence-corrected chi connectivity index (χ0v) is 15.5. The van der Waals surface area contributed by atoms with Crippen LogP contribution < -0.4 is 5.32 Å². The third kappa shape index (κ3) is 4.53. The number of hydrogen-bond acceptors (Lipinski definition) is 3. The Hall–Kier alpha value is -1.59. The van der Waals surface area contributed by atoms with Crippen LogP contribution in [0.1, 0.15) is 24.8 Å². The number of guanidine groups is 1. The van der Waals surface area contributed by atoms with Crippen LogP contribution in [0.2, 0.25) is 0 Å². The molecule has 1 aromatic rings. The van der Waals surface area contributed by atoms with Crippen LogP contribution >= 0.6 is 0 Å². The van der Waals surface area contributed by atoms with Crippen LogP contribution in [0.5, 0.6) is 0 Å². The molecule has 2 aliphatic rings. The maximum Gasteiger partial charge on any atom is 0.193 e. The summed E-state index contributed by atoms with van der Waals surface area (Å²) in [6.45, 7) is 5.28. The highest BCUT2D eigenvalue weighted by molar-refractivity contribution is 5.79. The molecular weight excluding hydrogens is 314 g/mol. The first-order valence-corrected chi connectivity index (χ1v) is 9.36. The molecule has 2 aliphatic heterocycles. The number of rotatable bonds is 5. The van der Waals surface area contributed by atoms with Crippen molar-refractivity contribution in [2.75, 3.05) is 53.6 Å². The number of hydrogen-bond donors (Lipinski definition) is 1. The SMILES string of the molecule is CN=C(NCC1(c2ccccc2)CCOCC1)N(C)CC1CCOC1. The predicted octanol–water partition coefficient (Wildman–Crippen LogP) is 2.28. The maximum absolute atomic E-state index is 5.63. The van der Waals surface area contributed by atoms with E-state index in [2.05, 4.69) is 52.6 Å². The molecule has 25 heavy (non-hydrogen) atoms. The molecule has 0 bridgehead atoms. The minimum Gasteiger partial charge on any atom is -0.381 e. The van der Waals surface area contributed by atoms with Gasteiger partial charge in [-0.3, -0.25) is 4.99 Å². The highest BCUT2D eigenvalue weighted by Gasteiger charge is 2.34. The molecule has 0 spiro atoms. The Morgan fingerprint density at radius 3 is 2.60 bits per heavy atom. The molecule has 2 saturated heterocycles. The fraction of sp³-hybridized carbons (Fsp3) is 0.650. The molecule has 2 heterocycles. The Morgan fingerprint density at radius 2 is 1.96 bits per heavy atom. The standard InChI is InChI=1S/C20H31N3O2/c1-21-19(23(2)14-17-8-11-25-15-17)22-16-20(9-12-24-13-10-20)18-6-4-3-5-7-18/h3-7,17H,8-16H2,1-2H3,(H,21,22). The Kier molecular flexibility index (Phi) is 6.32. The minimum absolute atomic E-state index is 0.118. The zero-order valence-electron chi connectivity index (χ0n) is 15.5. The van der Waals surface area contributed by atoms with Gasteiger partial charge in [-0.15, -0.1) is 0 Å². The Bertz CT molecular complexity index is 549. The molecule has 1 unspecified atom stereocenters. The summed E-state index contributed by atoms with van der Waals surface area (Å²) in [5.74, 6) is 1.57. The van der Waals surface area contributed by atoms with Gasteiger partial charge in [0.15, 0.2) is 5.96 Å². The van der Waals surface area contributed by atoms with Crippen molar-refractivity contribution in [1.82, 2.24) is 10.2 Å². The van der Waals surface area contributed by atoms with Crippen LogP contribution in [0.25, 0.3) is 0 Å². The van der Waals surface area contributed by atoms with E-state index < -0.39 is 0 Å². The molecule has 5 nitrogen and oxygen atoms in total. The van der Waals surface area contributed by atoms with Gasteiger partial charge in [-0.25, -0.2) is 0 Å². The van der Waals surface area contributed by atoms with E-state index in [0.29, 0.717) is 5.92 Å².